The van der Waals surface area contributed by atoms with Crippen LogP contribution in [0.2, 0.25) is 0 Å². The number of carbonyl (C=O) groups excluding carboxylic acids is 2. The van der Waals surface area contributed by atoms with Gasteiger partial charge in [0.15, 0.2) is 5.75 Å². The number of hydrogen-bond donors (Lipinski definition) is 1. The Balaban J connectivity index is 3.34. The van der Waals surface area contributed by atoms with E-state index in [4.69, 9.17) is 9.47 Å². The minimum atomic E-state index is -1.16. The third-order valence-corrected chi connectivity index (χ3v) is 3.80. The summed E-state index contributed by atoms with van der Waals surface area (Å²) in [6.07, 6.45) is -0.0316. The van der Waals surface area contributed by atoms with Crippen molar-refractivity contribution in [3.63, 3.8) is 0 Å². The van der Waals surface area contributed by atoms with Crippen LogP contribution >= 0.6 is 0 Å². The Kier molecular flexibility index (Phi) is 8.34. The number of likely N-dealkylation sites (N-methyl/N-ethyl adjacent to an activating group) is 1. The molecule has 1 aromatic carbocycles. The van der Waals surface area contributed by atoms with Gasteiger partial charge in [0.25, 0.3) is 5.91 Å². The van der Waals surface area contributed by atoms with Crippen molar-refractivity contribution in [2.24, 2.45) is 5.41 Å². The van der Waals surface area contributed by atoms with Crippen molar-refractivity contribution in [2.45, 2.75) is 34.6 Å². The molecule has 0 bridgehead atoms. The van der Waals surface area contributed by atoms with E-state index in [2.05, 4.69) is 0 Å². The van der Waals surface area contributed by atoms with Crippen LogP contribution in [-0.2, 0) is 9.53 Å². The van der Waals surface area contributed by atoms with Crippen LogP contribution in [0.15, 0.2) is 17.7 Å². The molecule has 0 atom stereocenters. The number of phenolic OH excluding ortho intramolecular Hbond substituents is 1. The van der Waals surface area contributed by atoms with Gasteiger partial charge in [-0.2, -0.15) is 5.26 Å². The summed E-state index contributed by atoms with van der Waals surface area (Å²) in [7, 11) is 0. The largest absolute Gasteiger partial charge is 0.513 e. The summed E-state index contributed by atoms with van der Waals surface area (Å²) in [6, 6.07) is 3.84. The first-order chi connectivity index (χ1) is 13.9. The summed E-state index contributed by atoms with van der Waals surface area (Å²) in [5.41, 5.74) is -1.34. The van der Waals surface area contributed by atoms with Gasteiger partial charge in [-0.1, -0.05) is 20.8 Å². The standard InChI is InChI=1S/C20H25N3O7/c1-6-22(7-2)18(25)14(11-21)8-13-9-15(23(27)28)17(24)16(10-13)30-19(26)29-12-20(3,4)5/h8-10,24H,6-7,12H2,1-5H3/b14-8+. The van der Waals surface area contributed by atoms with E-state index < -0.39 is 34.2 Å². The first kappa shape index (κ1) is 24.4. The number of nitro benzene ring substituents is 1. The van der Waals surface area contributed by atoms with E-state index in [9.17, 15) is 30.1 Å². The van der Waals surface area contributed by atoms with Gasteiger partial charge >= 0.3 is 11.8 Å². The zero-order chi connectivity index (χ0) is 23.1. The second kappa shape index (κ2) is 10.2. The summed E-state index contributed by atoms with van der Waals surface area (Å²) in [5, 5.41) is 30.7. The third kappa shape index (κ3) is 6.77. The predicted octanol–water partition coefficient (Wildman–Crippen LogP) is 3.64. The lowest BCUT2D eigenvalue weighted by atomic mass is 9.99. The number of hydrogen-bond acceptors (Lipinski definition) is 8. The monoisotopic (exact) mass is 419 g/mol. The van der Waals surface area contributed by atoms with Gasteiger partial charge in [0.2, 0.25) is 5.75 Å². The predicted molar refractivity (Wildman–Crippen MR) is 108 cm³/mol. The molecule has 0 saturated heterocycles. The van der Waals surface area contributed by atoms with Crippen LogP contribution in [-0.4, -0.2) is 46.7 Å². The third-order valence-electron chi connectivity index (χ3n) is 3.80. The fourth-order valence-corrected chi connectivity index (χ4v) is 2.30. The van der Waals surface area contributed by atoms with E-state index >= 15 is 0 Å². The molecule has 0 saturated carbocycles. The fraction of sp³-hybridized carbons (Fsp3) is 0.450. The molecule has 1 amide bonds. The highest BCUT2D eigenvalue weighted by atomic mass is 16.7. The minimum absolute atomic E-state index is 0.0191. The molecule has 1 rings (SSSR count). The number of ether oxygens (including phenoxy) is 2. The smallest absolute Gasteiger partial charge is 0.499 e. The molecule has 0 spiro atoms. The average molecular weight is 419 g/mol. The Morgan fingerprint density at radius 1 is 1.30 bits per heavy atom. The van der Waals surface area contributed by atoms with E-state index in [1.165, 1.54) is 4.90 Å². The van der Waals surface area contributed by atoms with Crippen molar-refractivity contribution in [3.8, 4) is 17.6 Å². The Hall–Kier alpha value is -3.61. The molecule has 1 N–H and O–H groups in total. The van der Waals surface area contributed by atoms with Crippen LogP contribution in [0.4, 0.5) is 10.5 Å². The van der Waals surface area contributed by atoms with Crippen molar-refractivity contribution >= 4 is 23.8 Å². The van der Waals surface area contributed by atoms with Crippen molar-refractivity contribution in [1.82, 2.24) is 4.90 Å². The zero-order valence-electron chi connectivity index (χ0n) is 17.6. The van der Waals surface area contributed by atoms with Gasteiger partial charge < -0.3 is 19.5 Å². The van der Waals surface area contributed by atoms with Crippen LogP contribution in [0.1, 0.15) is 40.2 Å². The zero-order valence-corrected chi connectivity index (χ0v) is 17.6. The fourth-order valence-electron chi connectivity index (χ4n) is 2.30. The van der Waals surface area contributed by atoms with Gasteiger partial charge in [-0.05, 0) is 37.0 Å². The van der Waals surface area contributed by atoms with E-state index in [1.807, 2.05) is 20.8 Å². The summed E-state index contributed by atoms with van der Waals surface area (Å²) in [5.74, 6) is -1.95. The Labute approximate surface area is 174 Å². The van der Waals surface area contributed by atoms with Gasteiger partial charge in [0.05, 0.1) is 11.5 Å². The molecule has 0 aromatic heterocycles. The second-order valence-corrected chi connectivity index (χ2v) is 7.49. The Morgan fingerprint density at radius 2 is 1.90 bits per heavy atom. The second-order valence-electron chi connectivity index (χ2n) is 7.49. The van der Waals surface area contributed by atoms with Crippen LogP contribution in [0.5, 0.6) is 11.5 Å². The van der Waals surface area contributed by atoms with Gasteiger partial charge in [0, 0.05) is 19.2 Å². The van der Waals surface area contributed by atoms with E-state index in [-0.39, 0.29) is 23.2 Å². The van der Waals surface area contributed by atoms with Crippen molar-refractivity contribution in [1.29, 1.82) is 5.26 Å². The molecule has 0 aliphatic rings. The molecular weight excluding hydrogens is 394 g/mol. The quantitative estimate of drug-likeness (QED) is 0.176. The molecular formula is C20H25N3O7. The number of nitriles is 1. The lowest BCUT2D eigenvalue weighted by molar-refractivity contribution is -0.385. The maximum Gasteiger partial charge on any atom is 0.513 e. The molecule has 10 heteroatoms. The highest BCUT2D eigenvalue weighted by Gasteiger charge is 2.24. The summed E-state index contributed by atoms with van der Waals surface area (Å²) >= 11 is 0. The number of nitro groups is 1. The average Bonchev–Trinajstić information content (AvgIpc) is 2.66. The molecule has 0 heterocycles. The molecule has 10 nitrogen and oxygen atoms in total. The number of benzene rings is 1. The Morgan fingerprint density at radius 3 is 2.37 bits per heavy atom. The van der Waals surface area contributed by atoms with Gasteiger partial charge in [0.1, 0.15) is 11.6 Å². The van der Waals surface area contributed by atoms with Crippen LogP contribution < -0.4 is 4.74 Å². The maximum absolute atomic E-state index is 12.4. The summed E-state index contributed by atoms with van der Waals surface area (Å²) in [4.78, 5) is 36.1. The van der Waals surface area contributed by atoms with Crippen LogP contribution in [0.25, 0.3) is 6.08 Å². The normalized spacial score (nSPS) is 11.4. The molecule has 162 valence electrons. The number of carbonyl (C=O) groups is 2. The highest BCUT2D eigenvalue weighted by Crippen LogP contribution is 2.38. The van der Waals surface area contributed by atoms with Crippen molar-refractivity contribution in [3.05, 3.63) is 33.4 Å². The van der Waals surface area contributed by atoms with Crippen molar-refractivity contribution in [2.75, 3.05) is 19.7 Å². The van der Waals surface area contributed by atoms with E-state index in [1.54, 1.807) is 19.9 Å². The van der Waals surface area contributed by atoms with Crippen LogP contribution in [0, 0.1) is 26.9 Å². The first-order valence-electron chi connectivity index (χ1n) is 9.20. The number of amides is 1. The maximum atomic E-state index is 12.4. The van der Waals surface area contributed by atoms with Gasteiger partial charge in [-0.3, -0.25) is 14.9 Å². The molecule has 0 aliphatic heterocycles. The molecule has 1 aromatic rings. The molecule has 30 heavy (non-hydrogen) atoms. The number of aromatic hydroxyl groups is 1. The Bertz CT molecular complexity index is 891. The SMILES string of the molecule is CCN(CC)C(=O)/C(C#N)=C/c1cc(OC(=O)OCC(C)(C)C)c(O)c([N+](=O)[O-])c1. The molecule has 0 aliphatic carbocycles. The van der Waals surface area contributed by atoms with E-state index in [0.29, 0.717) is 13.1 Å². The number of nitrogens with zero attached hydrogens (tertiary/aromatic N) is 3. The molecule has 0 unspecified atom stereocenters. The first-order valence-corrected chi connectivity index (χ1v) is 9.20. The number of rotatable bonds is 7. The lowest BCUT2D eigenvalue weighted by Gasteiger charge is -2.18. The topological polar surface area (TPSA) is 143 Å². The van der Waals surface area contributed by atoms with Gasteiger partial charge in [-0.15, -0.1) is 0 Å². The van der Waals surface area contributed by atoms with Crippen LogP contribution in [0.3, 0.4) is 0 Å². The number of phenols is 1. The molecule has 0 fully saturated rings. The van der Waals surface area contributed by atoms with Gasteiger partial charge in [-0.25, -0.2) is 4.79 Å². The highest BCUT2D eigenvalue weighted by molar-refractivity contribution is 6.01. The summed E-state index contributed by atoms with van der Waals surface area (Å²) < 4.78 is 9.85. The molecule has 0 radical (unpaired) electrons. The minimum Gasteiger partial charge on any atom is -0.499 e. The van der Waals surface area contributed by atoms with E-state index in [0.717, 1.165) is 18.2 Å². The van der Waals surface area contributed by atoms with Crippen molar-refractivity contribution < 1.29 is 29.1 Å². The summed E-state index contributed by atoms with van der Waals surface area (Å²) in [6.45, 7) is 9.73. The lowest BCUT2D eigenvalue weighted by Crippen LogP contribution is -2.31.